The van der Waals surface area contributed by atoms with E-state index in [1.807, 2.05) is 0 Å². The van der Waals surface area contributed by atoms with Crippen LogP contribution in [-0.4, -0.2) is 46.5 Å². The van der Waals surface area contributed by atoms with E-state index in [4.69, 9.17) is 4.74 Å². The molecule has 15 heavy (non-hydrogen) atoms. The van der Waals surface area contributed by atoms with Gasteiger partial charge < -0.3 is 10.1 Å². The molecule has 5 nitrogen and oxygen atoms in total. The molecule has 0 radical (unpaired) electrons. The van der Waals surface area contributed by atoms with Crippen LogP contribution in [0.4, 0.5) is 0 Å². The Morgan fingerprint density at radius 2 is 2.20 bits per heavy atom. The van der Waals surface area contributed by atoms with Gasteiger partial charge in [0.15, 0.2) is 0 Å². The van der Waals surface area contributed by atoms with Crippen LogP contribution in [0.2, 0.25) is 0 Å². The highest BCUT2D eigenvalue weighted by Crippen LogP contribution is 2.25. The summed E-state index contributed by atoms with van der Waals surface area (Å²) in [7, 11) is -3.14. The maximum atomic E-state index is 11.2. The molecule has 0 amide bonds. The molecule has 0 saturated carbocycles. The molecule has 88 valence electrons. The Labute approximate surface area is 90.6 Å². The van der Waals surface area contributed by atoms with Gasteiger partial charge in [-0.2, -0.15) is 0 Å². The summed E-state index contributed by atoms with van der Waals surface area (Å²) in [6, 6.07) is -0.112. The van der Waals surface area contributed by atoms with Gasteiger partial charge in [-0.3, -0.25) is 0 Å². The standard InChI is InChI=1S/C9H18N2O3S/c1-15(12,13)11-8-6-10-5-7-3-2-4-14-9(7)8/h7-11H,2-6H2,1H3/t7-,8+,9-/m0/s1. The Morgan fingerprint density at radius 3 is 2.93 bits per heavy atom. The van der Waals surface area contributed by atoms with Crippen LogP contribution in [0, 0.1) is 5.92 Å². The highest BCUT2D eigenvalue weighted by molar-refractivity contribution is 7.88. The van der Waals surface area contributed by atoms with Gasteiger partial charge in [-0.1, -0.05) is 0 Å². The first-order valence-electron chi connectivity index (χ1n) is 5.36. The number of hydrogen-bond donors (Lipinski definition) is 2. The van der Waals surface area contributed by atoms with Crippen molar-refractivity contribution in [3.63, 3.8) is 0 Å². The molecule has 0 aromatic rings. The predicted octanol–water partition coefficient (Wildman–Crippen LogP) is -0.697. The molecule has 2 rings (SSSR count). The lowest BCUT2D eigenvalue weighted by atomic mass is 9.87. The number of fused-ring (bicyclic) bond motifs is 1. The highest BCUT2D eigenvalue weighted by Gasteiger charge is 2.37. The van der Waals surface area contributed by atoms with Gasteiger partial charge in [0.05, 0.1) is 18.4 Å². The molecule has 0 spiro atoms. The van der Waals surface area contributed by atoms with E-state index >= 15 is 0 Å². The van der Waals surface area contributed by atoms with Gasteiger partial charge in [0.1, 0.15) is 0 Å². The van der Waals surface area contributed by atoms with Crippen molar-refractivity contribution in [1.29, 1.82) is 0 Å². The molecule has 2 N–H and O–H groups in total. The van der Waals surface area contributed by atoms with E-state index in [1.54, 1.807) is 0 Å². The topological polar surface area (TPSA) is 67.4 Å². The quantitative estimate of drug-likeness (QED) is 0.663. The lowest BCUT2D eigenvalue weighted by Gasteiger charge is -2.41. The third kappa shape index (κ3) is 2.90. The van der Waals surface area contributed by atoms with Crippen molar-refractivity contribution < 1.29 is 13.2 Å². The minimum absolute atomic E-state index is 0.0507. The van der Waals surface area contributed by atoms with Crippen molar-refractivity contribution >= 4 is 10.0 Å². The molecule has 2 saturated heterocycles. The fraction of sp³-hybridized carbons (Fsp3) is 1.00. The minimum Gasteiger partial charge on any atom is -0.376 e. The zero-order chi connectivity index (χ0) is 10.9. The van der Waals surface area contributed by atoms with Crippen LogP contribution in [0.1, 0.15) is 12.8 Å². The largest absolute Gasteiger partial charge is 0.376 e. The van der Waals surface area contributed by atoms with Crippen molar-refractivity contribution in [2.75, 3.05) is 26.0 Å². The van der Waals surface area contributed by atoms with Crippen LogP contribution in [0.5, 0.6) is 0 Å². The molecule has 3 atom stereocenters. The predicted molar refractivity (Wildman–Crippen MR) is 57.1 cm³/mol. The Bertz CT molecular complexity index is 315. The van der Waals surface area contributed by atoms with Gasteiger partial charge in [0.25, 0.3) is 0 Å². The van der Waals surface area contributed by atoms with E-state index in [-0.39, 0.29) is 12.1 Å². The Kier molecular flexibility index (Phi) is 3.30. The molecule has 6 heteroatoms. The summed E-state index contributed by atoms with van der Waals surface area (Å²) >= 11 is 0. The summed E-state index contributed by atoms with van der Waals surface area (Å²) in [6.07, 6.45) is 3.45. The first-order chi connectivity index (χ1) is 7.06. The lowest BCUT2D eigenvalue weighted by Crippen LogP contribution is -2.59. The third-order valence-electron chi connectivity index (χ3n) is 3.03. The number of piperidine rings is 1. The Morgan fingerprint density at radius 1 is 1.40 bits per heavy atom. The van der Waals surface area contributed by atoms with Gasteiger partial charge >= 0.3 is 0 Å². The third-order valence-corrected chi connectivity index (χ3v) is 3.76. The van der Waals surface area contributed by atoms with Crippen LogP contribution >= 0.6 is 0 Å². The zero-order valence-corrected chi connectivity index (χ0v) is 9.72. The van der Waals surface area contributed by atoms with Crippen LogP contribution in [0.15, 0.2) is 0 Å². The second kappa shape index (κ2) is 4.37. The van der Waals surface area contributed by atoms with E-state index in [0.717, 1.165) is 26.0 Å². The van der Waals surface area contributed by atoms with Crippen LogP contribution in [0.25, 0.3) is 0 Å². The van der Waals surface area contributed by atoms with Gasteiger partial charge in [-0.15, -0.1) is 0 Å². The van der Waals surface area contributed by atoms with Crippen LogP contribution in [-0.2, 0) is 14.8 Å². The molecule has 2 fully saturated rings. The molecule has 0 aliphatic carbocycles. The first kappa shape index (κ1) is 11.3. The van der Waals surface area contributed by atoms with Crippen LogP contribution < -0.4 is 10.0 Å². The molecule has 2 heterocycles. The van der Waals surface area contributed by atoms with Crippen molar-refractivity contribution in [1.82, 2.24) is 10.0 Å². The number of nitrogens with one attached hydrogen (secondary N) is 2. The van der Waals surface area contributed by atoms with Gasteiger partial charge in [-0.25, -0.2) is 13.1 Å². The summed E-state index contributed by atoms with van der Waals surface area (Å²) in [5, 5.41) is 3.25. The van der Waals surface area contributed by atoms with Gasteiger partial charge in [0, 0.05) is 19.7 Å². The average Bonchev–Trinajstić information content (AvgIpc) is 2.16. The van der Waals surface area contributed by atoms with Crippen molar-refractivity contribution in [2.45, 2.75) is 25.0 Å². The fourth-order valence-electron chi connectivity index (χ4n) is 2.45. The summed E-state index contributed by atoms with van der Waals surface area (Å²) < 4.78 is 30.7. The van der Waals surface area contributed by atoms with E-state index in [1.165, 1.54) is 6.26 Å². The van der Waals surface area contributed by atoms with E-state index in [0.29, 0.717) is 12.5 Å². The minimum atomic E-state index is -3.14. The average molecular weight is 234 g/mol. The number of rotatable bonds is 2. The molecule has 0 bridgehead atoms. The normalized spacial score (nSPS) is 37.3. The molecular weight excluding hydrogens is 216 g/mol. The van der Waals surface area contributed by atoms with Crippen molar-refractivity contribution in [3.05, 3.63) is 0 Å². The SMILES string of the molecule is CS(=O)(=O)N[C@@H]1CNC[C@@H]2CCCO[C@@H]21. The monoisotopic (exact) mass is 234 g/mol. The molecule has 2 aliphatic rings. The van der Waals surface area contributed by atoms with E-state index < -0.39 is 10.0 Å². The Balaban J connectivity index is 2.03. The molecule has 0 unspecified atom stereocenters. The summed E-state index contributed by atoms with van der Waals surface area (Å²) in [5.74, 6) is 0.451. The number of ether oxygens (including phenoxy) is 1. The maximum absolute atomic E-state index is 11.2. The van der Waals surface area contributed by atoms with E-state index in [2.05, 4.69) is 10.0 Å². The molecule has 0 aromatic heterocycles. The summed E-state index contributed by atoms with van der Waals surface area (Å²) in [4.78, 5) is 0. The molecule has 0 aromatic carbocycles. The number of hydrogen-bond acceptors (Lipinski definition) is 4. The van der Waals surface area contributed by atoms with Crippen molar-refractivity contribution in [2.24, 2.45) is 5.92 Å². The van der Waals surface area contributed by atoms with Gasteiger partial charge in [-0.05, 0) is 18.8 Å². The smallest absolute Gasteiger partial charge is 0.209 e. The fourth-order valence-corrected chi connectivity index (χ4v) is 3.22. The van der Waals surface area contributed by atoms with Gasteiger partial charge in [0.2, 0.25) is 10.0 Å². The number of sulfonamides is 1. The van der Waals surface area contributed by atoms with E-state index in [9.17, 15) is 8.42 Å². The Hall–Kier alpha value is -0.170. The molecule has 2 aliphatic heterocycles. The molecular formula is C9H18N2O3S. The van der Waals surface area contributed by atoms with Crippen molar-refractivity contribution in [3.8, 4) is 0 Å². The lowest BCUT2D eigenvalue weighted by molar-refractivity contribution is -0.0546. The summed E-state index contributed by atoms with van der Waals surface area (Å²) in [6.45, 7) is 2.35. The van der Waals surface area contributed by atoms with Crippen LogP contribution in [0.3, 0.4) is 0 Å². The maximum Gasteiger partial charge on any atom is 0.209 e. The second-order valence-corrected chi connectivity index (χ2v) is 6.17. The summed E-state index contributed by atoms with van der Waals surface area (Å²) in [5.41, 5.74) is 0. The highest BCUT2D eigenvalue weighted by atomic mass is 32.2. The zero-order valence-electron chi connectivity index (χ0n) is 8.90. The first-order valence-corrected chi connectivity index (χ1v) is 7.25. The second-order valence-electron chi connectivity index (χ2n) is 4.39.